The van der Waals surface area contributed by atoms with Crippen LogP contribution < -0.4 is 5.69 Å². The van der Waals surface area contributed by atoms with E-state index in [0.29, 0.717) is 12.1 Å². The van der Waals surface area contributed by atoms with Gasteiger partial charge in [-0.05, 0) is 38.0 Å². The van der Waals surface area contributed by atoms with E-state index in [4.69, 9.17) is 0 Å². The van der Waals surface area contributed by atoms with Gasteiger partial charge in [-0.2, -0.15) is 0 Å². The van der Waals surface area contributed by atoms with Crippen LogP contribution in [0.2, 0.25) is 0 Å². The number of nitrogens with zero attached hydrogens (tertiary/aromatic N) is 3. The number of nitrogens with one attached hydrogen (secondary N) is 1. The molecule has 1 atom stereocenters. The van der Waals surface area contributed by atoms with Gasteiger partial charge >= 0.3 is 5.69 Å². The highest BCUT2D eigenvalue weighted by atomic mass is 16.2. The maximum atomic E-state index is 12.6. The zero-order valence-electron chi connectivity index (χ0n) is 12.5. The van der Waals surface area contributed by atoms with Crippen LogP contribution in [-0.4, -0.2) is 38.8 Å². The summed E-state index contributed by atoms with van der Waals surface area (Å²) >= 11 is 0. The van der Waals surface area contributed by atoms with Crippen LogP contribution >= 0.6 is 0 Å². The summed E-state index contributed by atoms with van der Waals surface area (Å²) in [5.74, 6) is 0.139. The summed E-state index contributed by atoms with van der Waals surface area (Å²) in [5.41, 5.74) is 2.00. The number of aromatic nitrogens is 3. The van der Waals surface area contributed by atoms with Gasteiger partial charge in [0.2, 0.25) is 0 Å². The van der Waals surface area contributed by atoms with Gasteiger partial charge in [0.25, 0.3) is 5.91 Å². The van der Waals surface area contributed by atoms with Crippen LogP contribution in [0.4, 0.5) is 0 Å². The normalized spacial score (nSPS) is 18.2. The number of hydrogen-bond donors (Lipinski definition) is 1. The number of likely N-dealkylation sites (tertiary alicyclic amines) is 1. The number of rotatable bonds is 2. The molecule has 0 radical (unpaired) electrons. The van der Waals surface area contributed by atoms with Crippen molar-refractivity contribution in [2.24, 2.45) is 0 Å². The van der Waals surface area contributed by atoms with Gasteiger partial charge in [0.1, 0.15) is 0 Å². The first-order valence-corrected chi connectivity index (χ1v) is 7.40. The molecular formula is C16H18N4O2. The minimum atomic E-state index is -0.344. The Morgan fingerprint density at radius 3 is 2.91 bits per heavy atom. The van der Waals surface area contributed by atoms with E-state index >= 15 is 0 Å². The smallest absolute Gasteiger partial charge is 0.338 e. The van der Waals surface area contributed by atoms with Crippen molar-refractivity contribution < 1.29 is 4.79 Å². The molecule has 1 aliphatic rings. The van der Waals surface area contributed by atoms with Crippen LogP contribution in [0.25, 0.3) is 0 Å². The van der Waals surface area contributed by atoms with E-state index in [9.17, 15) is 9.59 Å². The molecule has 0 unspecified atom stereocenters. The van der Waals surface area contributed by atoms with Gasteiger partial charge in [0, 0.05) is 42.8 Å². The third kappa shape index (κ3) is 3.05. The molecule has 1 fully saturated rings. The van der Waals surface area contributed by atoms with Crippen LogP contribution in [-0.2, 0) is 0 Å². The summed E-state index contributed by atoms with van der Waals surface area (Å²) in [4.78, 5) is 36.3. The predicted molar refractivity (Wildman–Crippen MR) is 81.7 cm³/mol. The summed E-state index contributed by atoms with van der Waals surface area (Å²) < 4.78 is 0. The molecule has 6 heteroatoms. The maximum absolute atomic E-state index is 12.6. The zero-order chi connectivity index (χ0) is 15.5. The number of H-pyrrole nitrogens is 1. The Kier molecular flexibility index (Phi) is 4.00. The molecule has 0 aromatic carbocycles. The Bertz CT molecular complexity index is 723. The van der Waals surface area contributed by atoms with E-state index in [1.54, 1.807) is 6.20 Å². The topological polar surface area (TPSA) is 79.0 Å². The highest BCUT2D eigenvalue weighted by Crippen LogP contribution is 2.25. The zero-order valence-corrected chi connectivity index (χ0v) is 12.5. The van der Waals surface area contributed by atoms with Gasteiger partial charge in [-0.1, -0.05) is 0 Å². The van der Waals surface area contributed by atoms with Gasteiger partial charge < -0.3 is 9.88 Å². The van der Waals surface area contributed by atoms with Crippen molar-refractivity contribution in [2.45, 2.75) is 25.7 Å². The van der Waals surface area contributed by atoms with Gasteiger partial charge in [-0.3, -0.25) is 9.78 Å². The summed E-state index contributed by atoms with van der Waals surface area (Å²) in [7, 11) is 0. The lowest BCUT2D eigenvalue weighted by molar-refractivity contribution is 0.0705. The molecule has 3 rings (SSSR count). The molecule has 22 heavy (non-hydrogen) atoms. The number of piperidine rings is 1. The number of pyridine rings is 1. The lowest BCUT2D eigenvalue weighted by atomic mass is 9.94. The summed E-state index contributed by atoms with van der Waals surface area (Å²) in [5, 5.41) is 0. The number of aryl methyl sites for hydroxylation is 1. The van der Waals surface area contributed by atoms with Gasteiger partial charge in [0.15, 0.2) is 0 Å². The van der Waals surface area contributed by atoms with Crippen LogP contribution in [0.1, 0.15) is 40.5 Å². The summed E-state index contributed by atoms with van der Waals surface area (Å²) in [6, 6.07) is 5.46. The van der Waals surface area contributed by atoms with Crippen molar-refractivity contribution in [3.8, 4) is 0 Å². The molecule has 2 aromatic heterocycles. The van der Waals surface area contributed by atoms with Crippen molar-refractivity contribution in [1.29, 1.82) is 0 Å². The van der Waals surface area contributed by atoms with Crippen molar-refractivity contribution in [1.82, 2.24) is 19.9 Å². The van der Waals surface area contributed by atoms with Crippen molar-refractivity contribution in [2.75, 3.05) is 13.1 Å². The fourth-order valence-corrected chi connectivity index (χ4v) is 2.81. The third-order valence-corrected chi connectivity index (χ3v) is 4.00. The molecule has 114 valence electrons. The average Bonchev–Trinajstić information content (AvgIpc) is 2.55. The molecule has 1 N–H and O–H groups in total. The fourth-order valence-electron chi connectivity index (χ4n) is 2.81. The first-order valence-electron chi connectivity index (χ1n) is 7.40. The van der Waals surface area contributed by atoms with Crippen LogP contribution in [0.15, 0.2) is 35.4 Å². The van der Waals surface area contributed by atoms with E-state index in [2.05, 4.69) is 15.0 Å². The van der Waals surface area contributed by atoms with E-state index in [0.717, 1.165) is 30.8 Å². The first-order chi connectivity index (χ1) is 10.6. The Hall–Kier alpha value is -2.50. The number of carbonyl (C=O) groups excluding carboxylic acids is 1. The highest BCUT2D eigenvalue weighted by molar-refractivity contribution is 5.94. The lowest BCUT2D eigenvalue weighted by Crippen LogP contribution is -2.39. The summed E-state index contributed by atoms with van der Waals surface area (Å²) in [6.45, 7) is 3.23. The van der Waals surface area contributed by atoms with Crippen molar-refractivity contribution in [3.05, 3.63) is 58.0 Å². The first kappa shape index (κ1) is 14.4. The van der Waals surface area contributed by atoms with Crippen LogP contribution in [0.3, 0.4) is 0 Å². The van der Waals surface area contributed by atoms with Gasteiger partial charge in [-0.15, -0.1) is 0 Å². The number of carbonyl (C=O) groups is 1. The highest BCUT2D eigenvalue weighted by Gasteiger charge is 2.26. The van der Waals surface area contributed by atoms with E-state index in [1.807, 2.05) is 30.0 Å². The minimum Gasteiger partial charge on any atom is -0.338 e. The quantitative estimate of drug-likeness (QED) is 0.911. The Balaban J connectivity index is 1.76. The standard InChI is InChI=1S/C16H18N4O2/c1-11-4-5-12(9-18-11)15(21)20-8-2-3-13(10-20)14-6-7-17-16(22)19-14/h4-7,9,13H,2-3,8,10H2,1H3,(H,17,19,22)/t13-/m1/s1. The van der Waals surface area contributed by atoms with E-state index in [-0.39, 0.29) is 17.5 Å². The second-order valence-corrected chi connectivity index (χ2v) is 5.61. The molecule has 1 saturated heterocycles. The van der Waals surface area contributed by atoms with E-state index in [1.165, 1.54) is 6.20 Å². The van der Waals surface area contributed by atoms with Crippen LogP contribution in [0.5, 0.6) is 0 Å². The molecule has 0 spiro atoms. The molecular weight excluding hydrogens is 280 g/mol. The maximum Gasteiger partial charge on any atom is 0.345 e. The monoisotopic (exact) mass is 298 g/mol. The summed E-state index contributed by atoms with van der Waals surface area (Å²) in [6.07, 6.45) is 5.00. The molecule has 1 aliphatic heterocycles. The van der Waals surface area contributed by atoms with Gasteiger partial charge in [0.05, 0.1) is 5.56 Å². The molecule has 1 amide bonds. The Morgan fingerprint density at radius 1 is 1.32 bits per heavy atom. The predicted octanol–water partition coefficient (Wildman–Crippen LogP) is 1.49. The molecule has 0 aliphatic carbocycles. The molecule has 0 bridgehead atoms. The molecule has 0 saturated carbocycles. The average molecular weight is 298 g/mol. The van der Waals surface area contributed by atoms with E-state index < -0.39 is 0 Å². The second kappa shape index (κ2) is 6.09. The third-order valence-electron chi connectivity index (χ3n) is 4.00. The molecule has 6 nitrogen and oxygen atoms in total. The Morgan fingerprint density at radius 2 is 2.18 bits per heavy atom. The number of hydrogen-bond acceptors (Lipinski definition) is 4. The van der Waals surface area contributed by atoms with Crippen molar-refractivity contribution in [3.63, 3.8) is 0 Å². The number of amides is 1. The lowest BCUT2D eigenvalue weighted by Gasteiger charge is -2.32. The molecule has 3 heterocycles. The van der Waals surface area contributed by atoms with Gasteiger partial charge in [-0.25, -0.2) is 9.78 Å². The fraction of sp³-hybridized carbons (Fsp3) is 0.375. The van der Waals surface area contributed by atoms with Crippen LogP contribution in [0, 0.1) is 6.92 Å². The largest absolute Gasteiger partial charge is 0.345 e. The minimum absolute atomic E-state index is 0.00592. The Labute approximate surface area is 128 Å². The SMILES string of the molecule is Cc1ccc(C(=O)N2CCC[C@@H](c3ccnc(=O)[nH]3)C2)cn1. The second-order valence-electron chi connectivity index (χ2n) is 5.61. The van der Waals surface area contributed by atoms with Crippen molar-refractivity contribution >= 4 is 5.91 Å². The molecule has 2 aromatic rings. The number of aromatic amines is 1.